The topological polar surface area (TPSA) is 137 Å². The van der Waals surface area contributed by atoms with Gasteiger partial charge in [-0.1, -0.05) is 30.7 Å². The Morgan fingerprint density at radius 3 is 2.63 bits per heavy atom. The maximum absolute atomic E-state index is 13.1. The Balaban J connectivity index is 1.63. The van der Waals surface area contributed by atoms with Crippen molar-refractivity contribution in [1.29, 1.82) is 0 Å². The normalized spacial score (nSPS) is 22.5. The van der Waals surface area contributed by atoms with Crippen molar-refractivity contribution in [3.05, 3.63) is 71.1 Å². The minimum absolute atomic E-state index is 0.135. The van der Waals surface area contributed by atoms with E-state index in [1.165, 1.54) is 0 Å². The lowest BCUT2D eigenvalue weighted by atomic mass is 9.67. The summed E-state index contributed by atoms with van der Waals surface area (Å²) < 4.78 is 4.63. The second-order valence-electron chi connectivity index (χ2n) is 9.55. The first-order chi connectivity index (χ1) is 18.3. The molecular weight excluding hydrogens is 488 g/mol. The van der Waals surface area contributed by atoms with Gasteiger partial charge in [0.05, 0.1) is 37.4 Å². The molecule has 9 nitrogen and oxygen atoms in total. The maximum atomic E-state index is 13.1. The molecule has 1 aromatic heterocycles. The van der Waals surface area contributed by atoms with Gasteiger partial charge in [0.25, 0.3) is 0 Å². The molecule has 0 bridgehead atoms. The third-order valence-electron chi connectivity index (χ3n) is 7.42. The maximum Gasteiger partial charge on any atom is 0.423 e. The van der Waals surface area contributed by atoms with E-state index in [-0.39, 0.29) is 18.6 Å². The van der Waals surface area contributed by atoms with Crippen LogP contribution in [0.15, 0.2) is 59.8 Å². The summed E-state index contributed by atoms with van der Waals surface area (Å²) in [5.41, 5.74) is 3.71. The van der Waals surface area contributed by atoms with Crippen molar-refractivity contribution < 1.29 is 34.4 Å². The summed E-state index contributed by atoms with van der Waals surface area (Å²) in [7, 11) is 1.10. The fraction of sp³-hybridized carbons (Fsp3) is 0.379. The smallest absolute Gasteiger partial charge is 0.423 e. The molecule has 1 aliphatic carbocycles. The quantitative estimate of drug-likeness (QED) is 0.355. The highest BCUT2D eigenvalue weighted by atomic mass is 16.5. The number of fused-ring (bicyclic) bond motifs is 1. The van der Waals surface area contributed by atoms with Gasteiger partial charge in [0, 0.05) is 12.1 Å². The van der Waals surface area contributed by atoms with Gasteiger partial charge in [-0.05, 0) is 72.7 Å². The van der Waals surface area contributed by atoms with Crippen molar-refractivity contribution in [1.82, 2.24) is 9.88 Å². The van der Waals surface area contributed by atoms with E-state index in [0.29, 0.717) is 23.3 Å². The molecule has 2 aromatic rings. The van der Waals surface area contributed by atoms with Crippen molar-refractivity contribution in [2.45, 2.75) is 38.7 Å². The number of aliphatic hydroxyl groups is 2. The van der Waals surface area contributed by atoms with Crippen LogP contribution in [0.25, 0.3) is 11.6 Å². The van der Waals surface area contributed by atoms with Crippen molar-refractivity contribution in [3.63, 3.8) is 0 Å². The van der Waals surface area contributed by atoms with Gasteiger partial charge >= 0.3 is 6.09 Å². The Morgan fingerprint density at radius 2 is 2.00 bits per heavy atom. The molecule has 1 aliphatic heterocycles. The van der Waals surface area contributed by atoms with Gasteiger partial charge in [-0.15, -0.1) is 0 Å². The number of phenolic OH excluding ortho intramolecular Hbond substituents is 1. The molecule has 9 heteroatoms. The number of amides is 3. The first-order valence-corrected chi connectivity index (χ1v) is 12.7. The van der Waals surface area contributed by atoms with E-state index in [2.05, 4.69) is 9.72 Å². The van der Waals surface area contributed by atoms with Crippen LogP contribution in [0, 0.1) is 17.8 Å². The van der Waals surface area contributed by atoms with E-state index in [4.69, 9.17) is 0 Å². The fourth-order valence-corrected chi connectivity index (χ4v) is 5.66. The molecule has 0 saturated carbocycles. The van der Waals surface area contributed by atoms with E-state index in [1.54, 1.807) is 24.4 Å². The highest BCUT2D eigenvalue weighted by molar-refractivity contribution is 6.16. The molecular formula is C29H32N2O7. The average molecular weight is 521 g/mol. The number of ether oxygens (including phenoxy) is 1. The number of imide groups is 3. The molecule has 1 aromatic carbocycles. The number of hydrogen-bond acceptors (Lipinski definition) is 8. The first kappa shape index (κ1) is 27.2. The number of pyridine rings is 1. The zero-order valence-electron chi connectivity index (χ0n) is 21.4. The van der Waals surface area contributed by atoms with Gasteiger partial charge in [-0.2, -0.15) is 4.90 Å². The van der Waals surface area contributed by atoms with Crippen LogP contribution in [-0.2, 0) is 14.3 Å². The molecule has 200 valence electrons. The summed E-state index contributed by atoms with van der Waals surface area (Å²) in [5.74, 6) is -3.71. The SMILES string of the molecule is CCC1=C([C@H](O)CC/C(=C/c2cccc(O)c2)c2ccccn2)[C@H](CO)[C@@H]2C(=O)N(C(=O)OC)C(=O)[C@@H]2C1. The Labute approximate surface area is 221 Å². The lowest BCUT2D eigenvalue weighted by molar-refractivity contribution is -0.137. The minimum Gasteiger partial charge on any atom is -0.508 e. The van der Waals surface area contributed by atoms with Gasteiger partial charge in [-0.3, -0.25) is 14.6 Å². The first-order valence-electron chi connectivity index (χ1n) is 12.7. The molecule has 38 heavy (non-hydrogen) atoms. The number of methoxy groups -OCH3 is 1. The van der Waals surface area contributed by atoms with Crippen molar-refractivity contribution in [2.24, 2.45) is 17.8 Å². The number of rotatable bonds is 8. The predicted octanol–water partition coefficient (Wildman–Crippen LogP) is 3.56. The van der Waals surface area contributed by atoms with E-state index >= 15 is 0 Å². The number of carbonyl (C=O) groups is 3. The average Bonchev–Trinajstić information content (AvgIpc) is 3.18. The van der Waals surface area contributed by atoms with Crippen LogP contribution in [0.2, 0.25) is 0 Å². The number of benzene rings is 1. The number of aliphatic hydroxyl groups excluding tert-OH is 2. The van der Waals surface area contributed by atoms with Crippen LogP contribution in [-0.4, -0.2) is 62.9 Å². The lowest BCUT2D eigenvalue weighted by Crippen LogP contribution is -2.40. The number of carbonyl (C=O) groups excluding carboxylic acids is 3. The molecule has 0 unspecified atom stereocenters. The van der Waals surface area contributed by atoms with Crippen LogP contribution >= 0.6 is 0 Å². The Kier molecular flexibility index (Phi) is 8.38. The minimum atomic E-state index is -1.04. The van der Waals surface area contributed by atoms with E-state index in [0.717, 1.165) is 29.5 Å². The standard InChI is InChI=1S/C29H32N2O7/c1-3-18-15-21-26(28(36)31(27(21)35)29(37)38-2)22(16-32)25(18)24(34)11-10-19(23-9-4-5-12-30-23)13-17-7-6-8-20(33)14-17/h4-9,12-14,21-22,24,26,32-34H,3,10-11,15-16H2,1-2H3/b19-13-/t21-,22+,24-,26-/m1/s1. The molecule has 3 amide bonds. The van der Waals surface area contributed by atoms with Crippen LogP contribution in [0.1, 0.15) is 43.9 Å². The molecule has 4 atom stereocenters. The largest absolute Gasteiger partial charge is 0.508 e. The highest BCUT2D eigenvalue weighted by Crippen LogP contribution is 2.47. The van der Waals surface area contributed by atoms with Crippen LogP contribution in [0.4, 0.5) is 4.79 Å². The van der Waals surface area contributed by atoms with E-state index in [9.17, 15) is 29.7 Å². The molecule has 0 spiro atoms. The number of allylic oxidation sites excluding steroid dienone is 2. The van der Waals surface area contributed by atoms with Gasteiger partial charge < -0.3 is 20.1 Å². The van der Waals surface area contributed by atoms with E-state index < -0.39 is 48.4 Å². The predicted molar refractivity (Wildman–Crippen MR) is 139 cm³/mol. The monoisotopic (exact) mass is 520 g/mol. The second-order valence-corrected chi connectivity index (χ2v) is 9.55. The summed E-state index contributed by atoms with van der Waals surface area (Å²) in [4.78, 5) is 43.1. The van der Waals surface area contributed by atoms with Gasteiger partial charge in [0.2, 0.25) is 11.8 Å². The number of hydrogen-bond donors (Lipinski definition) is 3. The highest BCUT2D eigenvalue weighted by Gasteiger charge is 2.56. The molecule has 1 fully saturated rings. The molecule has 0 radical (unpaired) electrons. The number of likely N-dealkylation sites (tertiary alicyclic amines) is 1. The number of aromatic nitrogens is 1. The van der Waals surface area contributed by atoms with E-state index in [1.807, 2.05) is 37.3 Å². The van der Waals surface area contributed by atoms with Crippen LogP contribution in [0.3, 0.4) is 0 Å². The second kappa shape index (κ2) is 11.7. The summed E-state index contributed by atoms with van der Waals surface area (Å²) in [5, 5.41) is 31.6. The lowest BCUT2D eigenvalue weighted by Gasteiger charge is -2.36. The zero-order valence-corrected chi connectivity index (χ0v) is 21.4. The Bertz CT molecular complexity index is 1270. The van der Waals surface area contributed by atoms with Crippen LogP contribution < -0.4 is 0 Å². The summed E-state index contributed by atoms with van der Waals surface area (Å²) in [6.07, 6.45) is 3.00. The Morgan fingerprint density at radius 1 is 1.21 bits per heavy atom. The number of aromatic hydroxyl groups is 1. The Hall–Kier alpha value is -3.82. The van der Waals surface area contributed by atoms with Gasteiger partial charge in [0.1, 0.15) is 5.75 Å². The van der Waals surface area contributed by atoms with Crippen LogP contribution in [0.5, 0.6) is 5.75 Å². The molecule has 2 heterocycles. The molecule has 2 aliphatic rings. The fourth-order valence-electron chi connectivity index (χ4n) is 5.66. The van der Waals surface area contributed by atoms with Crippen molar-refractivity contribution in [2.75, 3.05) is 13.7 Å². The number of nitrogens with zero attached hydrogens (tertiary/aromatic N) is 2. The molecule has 1 saturated heterocycles. The van der Waals surface area contributed by atoms with Gasteiger partial charge in [0.15, 0.2) is 0 Å². The molecule has 3 N–H and O–H groups in total. The van der Waals surface area contributed by atoms with Crippen molar-refractivity contribution in [3.8, 4) is 5.75 Å². The third-order valence-corrected chi connectivity index (χ3v) is 7.42. The number of phenols is 1. The molecule has 4 rings (SSSR count). The third kappa shape index (κ3) is 5.25. The summed E-state index contributed by atoms with van der Waals surface area (Å²) in [6.45, 7) is 1.45. The zero-order chi connectivity index (χ0) is 27.4. The summed E-state index contributed by atoms with van der Waals surface area (Å²) in [6, 6.07) is 12.4. The van der Waals surface area contributed by atoms with Gasteiger partial charge in [-0.25, -0.2) is 4.79 Å². The summed E-state index contributed by atoms with van der Waals surface area (Å²) >= 11 is 0. The van der Waals surface area contributed by atoms with Crippen molar-refractivity contribution >= 4 is 29.6 Å².